The van der Waals surface area contributed by atoms with E-state index in [1.807, 2.05) is 72.3 Å². The molecular formula is C20H17NOS2. The van der Waals surface area contributed by atoms with Gasteiger partial charge in [0.15, 0.2) is 0 Å². The first-order chi connectivity index (χ1) is 11.8. The zero-order chi connectivity index (χ0) is 16.8. The molecule has 0 radical (unpaired) electrons. The number of nitrogens with one attached hydrogen (secondary N) is 1. The average molecular weight is 351 g/mol. The maximum absolute atomic E-state index is 12.2. The first-order valence-electron chi connectivity index (χ1n) is 7.52. The van der Waals surface area contributed by atoms with Gasteiger partial charge in [0.2, 0.25) is 5.91 Å². The topological polar surface area (TPSA) is 29.1 Å². The van der Waals surface area contributed by atoms with Crippen LogP contribution in [0.1, 0.15) is 5.56 Å². The van der Waals surface area contributed by atoms with Crippen LogP contribution >= 0.6 is 23.1 Å². The fourth-order valence-electron chi connectivity index (χ4n) is 2.30. The standard InChI is InChI=1S/C20H17NOS2/c1-23-16-11-8-15(9-12-16)10-13-20(22)21-18-6-3-2-5-17(18)19-7-4-14-24-19/h2-14H,1H3,(H,21,22)/b13-10+. The molecule has 2 aromatic carbocycles. The molecule has 1 N–H and O–H groups in total. The second kappa shape index (κ2) is 7.99. The van der Waals surface area contributed by atoms with Gasteiger partial charge < -0.3 is 5.32 Å². The monoisotopic (exact) mass is 351 g/mol. The Morgan fingerprint density at radius 1 is 1.04 bits per heavy atom. The predicted molar refractivity (Wildman–Crippen MR) is 106 cm³/mol. The third-order valence-corrected chi connectivity index (χ3v) is 5.16. The molecule has 0 bridgehead atoms. The number of hydrogen-bond acceptors (Lipinski definition) is 3. The van der Waals surface area contributed by atoms with Gasteiger partial charge in [-0.3, -0.25) is 4.79 Å². The highest BCUT2D eigenvalue weighted by atomic mass is 32.2. The van der Waals surface area contributed by atoms with Crippen LogP contribution in [-0.4, -0.2) is 12.2 Å². The number of thiophene rings is 1. The lowest BCUT2D eigenvalue weighted by molar-refractivity contribution is -0.111. The molecule has 24 heavy (non-hydrogen) atoms. The molecule has 0 aliphatic heterocycles. The maximum atomic E-state index is 12.2. The van der Waals surface area contributed by atoms with Crippen LogP contribution in [0.2, 0.25) is 0 Å². The van der Waals surface area contributed by atoms with Crippen molar-refractivity contribution in [3.05, 3.63) is 77.7 Å². The smallest absolute Gasteiger partial charge is 0.248 e. The Kier molecular flexibility index (Phi) is 5.51. The third kappa shape index (κ3) is 4.16. The van der Waals surface area contributed by atoms with Gasteiger partial charge in [0.1, 0.15) is 0 Å². The number of amides is 1. The molecule has 0 atom stereocenters. The van der Waals surface area contributed by atoms with E-state index >= 15 is 0 Å². The predicted octanol–water partition coefficient (Wildman–Crippen LogP) is 5.79. The molecule has 0 fully saturated rings. The summed E-state index contributed by atoms with van der Waals surface area (Å²) in [5, 5.41) is 5.00. The average Bonchev–Trinajstić information content (AvgIpc) is 3.15. The molecule has 1 amide bonds. The summed E-state index contributed by atoms with van der Waals surface area (Å²) in [7, 11) is 0. The van der Waals surface area contributed by atoms with E-state index in [-0.39, 0.29) is 5.91 Å². The van der Waals surface area contributed by atoms with Gasteiger partial charge in [0, 0.05) is 27.1 Å². The lowest BCUT2D eigenvalue weighted by Gasteiger charge is -2.08. The summed E-state index contributed by atoms with van der Waals surface area (Å²) in [4.78, 5) is 14.6. The van der Waals surface area contributed by atoms with E-state index in [0.29, 0.717) is 0 Å². The molecule has 4 heteroatoms. The summed E-state index contributed by atoms with van der Waals surface area (Å²) in [5.74, 6) is -0.132. The van der Waals surface area contributed by atoms with E-state index < -0.39 is 0 Å². The maximum Gasteiger partial charge on any atom is 0.248 e. The van der Waals surface area contributed by atoms with Crippen LogP contribution in [0.3, 0.4) is 0 Å². The van der Waals surface area contributed by atoms with Crippen LogP contribution in [0, 0.1) is 0 Å². The molecule has 0 unspecified atom stereocenters. The number of carbonyl (C=O) groups is 1. The van der Waals surface area contributed by atoms with Crippen molar-refractivity contribution in [1.29, 1.82) is 0 Å². The van der Waals surface area contributed by atoms with Gasteiger partial charge in [-0.1, -0.05) is 36.4 Å². The molecule has 0 spiro atoms. The minimum atomic E-state index is -0.132. The van der Waals surface area contributed by atoms with Crippen LogP contribution in [0.25, 0.3) is 16.5 Å². The van der Waals surface area contributed by atoms with Crippen molar-refractivity contribution in [1.82, 2.24) is 0 Å². The highest BCUT2D eigenvalue weighted by Crippen LogP contribution is 2.31. The van der Waals surface area contributed by atoms with Gasteiger partial charge in [-0.2, -0.15) is 0 Å². The van der Waals surface area contributed by atoms with E-state index in [2.05, 4.69) is 11.4 Å². The van der Waals surface area contributed by atoms with Gasteiger partial charge in [0.05, 0.1) is 0 Å². The molecule has 2 nitrogen and oxygen atoms in total. The van der Waals surface area contributed by atoms with Crippen molar-refractivity contribution < 1.29 is 4.79 Å². The number of anilines is 1. The Labute approximate surface area is 150 Å². The third-order valence-electron chi connectivity index (χ3n) is 3.51. The first-order valence-corrected chi connectivity index (χ1v) is 9.63. The van der Waals surface area contributed by atoms with Crippen LogP contribution in [0.5, 0.6) is 0 Å². The summed E-state index contributed by atoms with van der Waals surface area (Å²) in [6.07, 6.45) is 5.44. The van der Waals surface area contributed by atoms with Gasteiger partial charge >= 0.3 is 0 Å². The Morgan fingerprint density at radius 3 is 2.54 bits per heavy atom. The molecule has 1 aromatic heterocycles. The van der Waals surface area contributed by atoms with Crippen molar-refractivity contribution in [3.63, 3.8) is 0 Å². The normalized spacial score (nSPS) is 10.9. The van der Waals surface area contributed by atoms with Crippen LogP contribution in [-0.2, 0) is 4.79 Å². The van der Waals surface area contributed by atoms with Gasteiger partial charge in [-0.15, -0.1) is 23.1 Å². The van der Waals surface area contributed by atoms with Gasteiger partial charge in [-0.25, -0.2) is 0 Å². The first kappa shape index (κ1) is 16.6. The summed E-state index contributed by atoms with van der Waals surface area (Å²) in [6, 6.07) is 20.0. The molecular weight excluding hydrogens is 334 g/mol. The van der Waals surface area contributed by atoms with Crippen molar-refractivity contribution in [2.24, 2.45) is 0 Å². The molecule has 0 aliphatic carbocycles. The molecule has 0 aliphatic rings. The summed E-state index contributed by atoms with van der Waals surface area (Å²) < 4.78 is 0. The molecule has 0 saturated carbocycles. The Morgan fingerprint density at radius 2 is 1.83 bits per heavy atom. The van der Waals surface area contributed by atoms with E-state index in [0.717, 1.165) is 21.7 Å². The number of benzene rings is 2. The zero-order valence-electron chi connectivity index (χ0n) is 13.2. The second-order valence-corrected chi connectivity index (χ2v) is 6.95. The Hall–Kier alpha value is -2.30. The lowest BCUT2D eigenvalue weighted by atomic mass is 10.1. The van der Waals surface area contributed by atoms with E-state index in [1.165, 1.54) is 4.90 Å². The fraction of sp³-hybridized carbons (Fsp3) is 0.0500. The number of para-hydroxylation sites is 1. The number of hydrogen-bond donors (Lipinski definition) is 1. The molecule has 1 heterocycles. The van der Waals surface area contributed by atoms with E-state index in [1.54, 1.807) is 29.2 Å². The number of thioether (sulfide) groups is 1. The summed E-state index contributed by atoms with van der Waals surface area (Å²) in [6.45, 7) is 0. The fourth-order valence-corrected chi connectivity index (χ4v) is 3.47. The minimum Gasteiger partial charge on any atom is -0.322 e. The highest BCUT2D eigenvalue weighted by molar-refractivity contribution is 7.98. The molecule has 120 valence electrons. The van der Waals surface area contributed by atoms with Crippen molar-refractivity contribution in [2.75, 3.05) is 11.6 Å². The largest absolute Gasteiger partial charge is 0.322 e. The quantitative estimate of drug-likeness (QED) is 0.466. The second-order valence-electron chi connectivity index (χ2n) is 5.12. The van der Waals surface area contributed by atoms with E-state index in [9.17, 15) is 4.79 Å². The summed E-state index contributed by atoms with van der Waals surface area (Å²) >= 11 is 3.36. The molecule has 3 rings (SSSR count). The number of rotatable bonds is 5. The summed E-state index contributed by atoms with van der Waals surface area (Å²) in [5.41, 5.74) is 2.88. The van der Waals surface area contributed by atoms with Gasteiger partial charge in [0.25, 0.3) is 0 Å². The SMILES string of the molecule is CSc1ccc(/C=C/C(=O)Nc2ccccc2-c2cccs2)cc1. The Bertz CT molecular complexity index is 836. The van der Waals surface area contributed by atoms with Crippen molar-refractivity contribution in [3.8, 4) is 10.4 Å². The Balaban J connectivity index is 1.72. The molecule has 0 saturated heterocycles. The molecule has 3 aromatic rings. The van der Waals surface area contributed by atoms with Gasteiger partial charge in [-0.05, 0) is 47.5 Å². The lowest BCUT2D eigenvalue weighted by Crippen LogP contribution is -2.08. The van der Waals surface area contributed by atoms with E-state index in [4.69, 9.17) is 0 Å². The van der Waals surface area contributed by atoms with Crippen LogP contribution in [0.4, 0.5) is 5.69 Å². The van der Waals surface area contributed by atoms with Crippen LogP contribution in [0.15, 0.2) is 77.0 Å². The number of carbonyl (C=O) groups excluding carboxylic acids is 1. The van der Waals surface area contributed by atoms with Crippen LogP contribution < -0.4 is 5.32 Å². The highest BCUT2D eigenvalue weighted by Gasteiger charge is 2.07. The minimum absolute atomic E-state index is 0.132. The van der Waals surface area contributed by atoms with Crippen molar-refractivity contribution in [2.45, 2.75) is 4.90 Å². The zero-order valence-corrected chi connectivity index (χ0v) is 14.9. The van der Waals surface area contributed by atoms with Crippen molar-refractivity contribution >= 4 is 40.8 Å².